The lowest BCUT2D eigenvalue weighted by molar-refractivity contribution is 0.627. The van der Waals surface area contributed by atoms with Gasteiger partial charge in [0.15, 0.2) is 5.96 Å². The molecule has 0 amide bonds. The predicted molar refractivity (Wildman–Crippen MR) is 98.5 cm³/mol. The van der Waals surface area contributed by atoms with Gasteiger partial charge in [0.1, 0.15) is 5.82 Å². The summed E-state index contributed by atoms with van der Waals surface area (Å²) in [5, 5.41) is 7.52. The molecule has 0 spiro atoms. The number of nitrogens with two attached hydrogens (primary N) is 1. The van der Waals surface area contributed by atoms with E-state index in [1.165, 1.54) is 17.7 Å². The lowest BCUT2D eigenvalue weighted by Crippen LogP contribution is -2.23. The maximum Gasteiger partial charge on any atom is 0.193 e. The van der Waals surface area contributed by atoms with E-state index < -0.39 is 0 Å². The lowest BCUT2D eigenvalue weighted by atomic mass is 10.2. The summed E-state index contributed by atoms with van der Waals surface area (Å²) in [6.45, 7) is 2.57. The number of anilines is 1. The molecule has 0 saturated heterocycles. The highest BCUT2D eigenvalue weighted by Gasteiger charge is 2.02. The summed E-state index contributed by atoms with van der Waals surface area (Å²) in [6.07, 6.45) is 2.52. The second-order valence-electron chi connectivity index (χ2n) is 5.74. The Morgan fingerprint density at radius 2 is 1.84 bits per heavy atom. The van der Waals surface area contributed by atoms with E-state index in [1.54, 1.807) is 16.8 Å². The van der Waals surface area contributed by atoms with E-state index in [9.17, 15) is 4.39 Å². The van der Waals surface area contributed by atoms with Crippen LogP contribution < -0.4 is 11.1 Å². The Morgan fingerprint density at radius 3 is 2.56 bits per heavy atom. The first-order valence-corrected chi connectivity index (χ1v) is 8.04. The molecule has 0 atom stereocenters. The van der Waals surface area contributed by atoms with Crippen LogP contribution in [0.1, 0.15) is 11.3 Å². The standard InChI is InChI=1S/C19H20FN5/c1-14-2-6-16(7-3-14)23-19(21)22-12-10-17-11-13-25(24-17)18-8-4-15(20)5-9-18/h2-9,11,13H,10,12H2,1H3,(H3,21,22,23). The van der Waals surface area contributed by atoms with Crippen LogP contribution in [-0.2, 0) is 6.42 Å². The van der Waals surface area contributed by atoms with Gasteiger partial charge in [-0.25, -0.2) is 9.07 Å². The molecule has 0 fully saturated rings. The van der Waals surface area contributed by atoms with Gasteiger partial charge < -0.3 is 11.1 Å². The number of aryl methyl sites for hydroxylation is 1. The summed E-state index contributed by atoms with van der Waals surface area (Å²) in [6, 6.07) is 16.1. The predicted octanol–water partition coefficient (Wildman–Crippen LogP) is 3.29. The second kappa shape index (κ2) is 7.61. The minimum atomic E-state index is -0.262. The van der Waals surface area contributed by atoms with E-state index in [0.717, 1.165) is 17.1 Å². The van der Waals surface area contributed by atoms with Crippen LogP contribution in [0.25, 0.3) is 5.69 Å². The fourth-order valence-corrected chi connectivity index (χ4v) is 2.35. The van der Waals surface area contributed by atoms with Gasteiger partial charge >= 0.3 is 0 Å². The van der Waals surface area contributed by atoms with Gasteiger partial charge in [-0.05, 0) is 49.4 Å². The second-order valence-corrected chi connectivity index (χ2v) is 5.74. The molecule has 2 aromatic carbocycles. The first-order chi connectivity index (χ1) is 12.1. The van der Waals surface area contributed by atoms with Crippen molar-refractivity contribution in [2.75, 3.05) is 11.9 Å². The molecule has 0 aliphatic heterocycles. The molecule has 3 N–H and O–H groups in total. The minimum Gasteiger partial charge on any atom is -0.370 e. The Kier molecular flexibility index (Phi) is 5.09. The Morgan fingerprint density at radius 1 is 1.12 bits per heavy atom. The molecule has 128 valence electrons. The van der Waals surface area contributed by atoms with Crippen molar-refractivity contribution in [3.8, 4) is 5.69 Å². The molecule has 0 unspecified atom stereocenters. The van der Waals surface area contributed by atoms with Gasteiger partial charge in [0.25, 0.3) is 0 Å². The number of halogens is 1. The van der Waals surface area contributed by atoms with Gasteiger partial charge in [-0.1, -0.05) is 17.7 Å². The molecular weight excluding hydrogens is 317 g/mol. The van der Waals surface area contributed by atoms with Crippen molar-refractivity contribution in [2.45, 2.75) is 13.3 Å². The van der Waals surface area contributed by atoms with Crippen LogP contribution in [0.2, 0.25) is 0 Å². The maximum atomic E-state index is 13.0. The number of hydrogen-bond donors (Lipinski definition) is 2. The molecule has 3 rings (SSSR count). The number of benzene rings is 2. The van der Waals surface area contributed by atoms with Crippen LogP contribution in [0.3, 0.4) is 0 Å². The Labute approximate surface area is 146 Å². The van der Waals surface area contributed by atoms with Crippen molar-refractivity contribution >= 4 is 11.6 Å². The Bertz CT molecular complexity index is 850. The number of nitrogens with zero attached hydrogens (tertiary/aromatic N) is 3. The van der Waals surface area contributed by atoms with Gasteiger partial charge in [0.05, 0.1) is 11.4 Å². The molecule has 0 radical (unpaired) electrons. The third kappa shape index (κ3) is 4.67. The largest absolute Gasteiger partial charge is 0.370 e. The van der Waals surface area contributed by atoms with Crippen LogP contribution in [0, 0.1) is 12.7 Å². The zero-order valence-electron chi connectivity index (χ0n) is 14.0. The fourth-order valence-electron chi connectivity index (χ4n) is 2.35. The van der Waals surface area contributed by atoms with Crippen molar-refractivity contribution in [1.82, 2.24) is 9.78 Å². The molecule has 25 heavy (non-hydrogen) atoms. The molecule has 3 aromatic rings. The minimum absolute atomic E-state index is 0.262. The zero-order valence-corrected chi connectivity index (χ0v) is 14.0. The molecule has 1 aromatic heterocycles. The first kappa shape index (κ1) is 16.7. The maximum absolute atomic E-state index is 13.0. The van der Waals surface area contributed by atoms with E-state index in [4.69, 9.17) is 5.73 Å². The summed E-state index contributed by atoms with van der Waals surface area (Å²) < 4.78 is 14.7. The van der Waals surface area contributed by atoms with E-state index in [2.05, 4.69) is 15.4 Å². The molecule has 6 heteroatoms. The number of hydrogen-bond acceptors (Lipinski definition) is 2. The van der Waals surface area contributed by atoms with Crippen LogP contribution >= 0.6 is 0 Å². The zero-order chi connectivity index (χ0) is 17.6. The number of aromatic nitrogens is 2. The summed E-state index contributed by atoms with van der Waals surface area (Å²) in [4.78, 5) is 4.32. The van der Waals surface area contributed by atoms with Crippen molar-refractivity contribution in [3.05, 3.63) is 77.9 Å². The van der Waals surface area contributed by atoms with Crippen LogP contribution in [0.5, 0.6) is 0 Å². The summed E-state index contributed by atoms with van der Waals surface area (Å²) >= 11 is 0. The average Bonchev–Trinajstić information content (AvgIpc) is 3.06. The van der Waals surface area contributed by atoms with Crippen molar-refractivity contribution < 1.29 is 4.39 Å². The van der Waals surface area contributed by atoms with Crippen molar-refractivity contribution in [2.24, 2.45) is 10.7 Å². The van der Waals surface area contributed by atoms with Gasteiger partial charge in [-0.3, -0.25) is 4.99 Å². The van der Waals surface area contributed by atoms with Gasteiger partial charge in [0, 0.05) is 24.8 Å². The lowest BCUT2D eigenvalue weighted by Gasteiger charge is -2.05. The Hall–Kier alpha value is -3.15. The molecule has 0 bridgehead atoms. The highest BCUT2D eigenvalue weighted by atomic mass is 19.1. The van der Waals surface area contributed by atoms with Crippen LogP contribution in [0.4, 0.5) is 10.1 Å². The van der Waals surface area contributed by atoms with E-state index in [-0.39, 0.29) is 5.82 Å². The first-order valence-electron chi connectivity index (χ1n) is 8.04. The topological polar surface area (TPSA) is 68.2 Å². The monoisotopic (exact) mass is 337 g/mol. The van der Waals surface area contributed by atoms with Gasteiger partial charge in [0.2, 0.25) is 0 Å². The molecule has 1 heterocycles. The van der Waals surface area contributed by atoms with Crippen molar-refractivity contribution in [1.29, 1.82) is 0 Å². The summed E-state index contributed by atoms with van der Waals surface area (Å²) in [7, 11) is 0. The molecular formula is C19H20FN5. The van der Waals surface area contributed by atoms with E-state index in [0.29, 0.717) is 18.9 Å². The Balaban J connectivity index is 1.55. The normalized spacial score (nSPS) is 11.5. The number of rotatable bonds is 5. The third-order valence-electron chi connectivity index (χ3n) is 3.71. The highest BCUT2D eigenvalue weighted by Crippen LogP contribution is 2.10. The number of aliphatic imine (C=N–C) groups is 1. The summed E-state index contributed by atoms with van der Waals surface area (Å²) in [5.41, 5.74) is 9.71. The molecule has 0 aliphatic rings. The SMILES string of the molecule is Cc1ccc(NC(N)=NCCc2ccn(-c3ccc(F)cc3)n2)cc1. The third-order valence-corrected chi connectivity index (χ3v) is 3.71. The van der Waals surface area contributed by atoms with E-state index >= 15 is 0 Å². The molecule has 0 aliphatic carbocycles. The number of nitrogens with one attached hydrogen (secondary N) is 1. The van der Waals surface area contributed by atoms with E-state index in [1.807, 2.05) is 43.5 Å². The molecule has 0 saturated carbocycles. The van der Waals surface area contributed by atoms with Gasteiger partial charge in [-0.2, -0.15) is 5.10 Å². The summed E-state index contributed by atoms with van der Waals surface area (Å²) in [5.74, 6) is 0.115. The quantitative estimate of drug-likeness (QED) is 0.554. The fraction of sp³-hybridized carbons (Fsp3) is 0.158. The highest BCUT2D eigenvalue weighted by molar-refractivity contribution is 5.92. The van der Waals surface area contributed by atoms with Crippen LogP contribution in [0.15, 0.2) is 65.8 Å². The smallest absolute Gasteiger partial charge is 0.193 e. The average molecular weight is 337 g/mol. The van der Waals surface area contributed by atoms with Crippen LogP contribution in [-0.4, -0.2) is 22.3 Å². The van der Waals surface area contributed by atoms with Crippen molar-refractivity contribution in [3.63, 3.8) is 0 Å². The molecule has 5 nitrogen and oxygen atoms in total. The van der Waals surface area contributed by atoms with Gasteiger partial charge in [-0.15, -0.1) is 0 Å². The number of guanidine groups is 1.